The average Bonchev–Trinajstić information content (AvgIpc) is 4.36. The van der Waals surface area contributed by atoms with Crippen LogP contribution in [0.5, 0.6) is 0 Å². The number of nitrogens with zero attached hydrogens (tertiary/aromatic N) is 8. The second-order valence-electron chi connectivity index (χ2n) is 22.4. The van der Waals surface area contributed by atoms with E-state index in [2.05, 4.69) is 101 Å². The van der Waals surface area contributed by atoms with E-state index in [0.29, 0.717) is 48.3 Å². The number of primary amides is 1. The van der Waals surface area contributed by atoms with Crippen LogP contribution in [0.3, 0.4) is 0 Å². The molecule has 5 aromatic rings. The Hall–Kier alpha value is -6.69. The first-order valence-electron chi connectivity index (χ1n) is 27.1. The summed E-state index contributed by atoms with van der Waals surface area (Å²) in [5, 5.41) is 12.9. The van der Waals surface area contributed by atoms with Gasteiger partial charge in [0.15, 0.2) is 23.0 Å². The number of nitrogens with two attached hydrogens (primary N) is 2. The van der Waals surface area contributed by atoms with E-state index >= 15 is 0 Å². The molecule has 0 radical (unpaired) electrons. The van der Waals surface area contributed by atoms with Crippen molar-refractivity contribution >= 4 is 58.1 Å². The predicted octanol–water partition coefficient (Wildman–Crippen LogP) is 7.46. The Labute approximate surface area is 434 Å². The lowest BCUT2D eigenvalue weighted by Crippen LogP contribution is -2.48. The van der Waals surface area contributed by atoms with Crippen molar-refractivity contribution in [2.24, 2.45) is 11.5 Å². The van der Waals surface area contributed by atoms with Crippen molar-refractivity contribution in [2.75, 3.05) is 78.1 Å². The maximum atomic E-state index is 14.2. The van der Waals surface area contributed by atoms with E-state index in [9.17, 15) is 14.4 Å². The number of piperidine rings is 4. The van der Waals surface area contributed by atoms with E-state index in [1.165, 1.54) is 36.8 Å². The van der Waals surface area contributed by atoms with Crippen LogP contribution in [0.25, 0.3) is 0 Å². The summed E-state index contributed by atoms with van der Waals surface area (Å²) < 4.78 is 0. The van der Waals surface area contributed by atoms with E-state index in [4.69, 9.17) is 21.4 Å². The van der Waals surface area contributed by atoms with Gasteiger partial charge in [-0.05, 0) is 168 Å². The van der Waals surface area contributed by atoms with Gasteiger partial charge in [0.05, 0.1) is 12.4 Å². The highest BCUT2D eigenvalue weighted by atomic mass is 16.2. The molecule has 2 saturated carbocycles. The van der Waals surface area contributed by atoms with Crippen LogP contribution in [0.1, 0.15) is 133 Å². The van der Waals surface area contributed by atoms with Crippen LogP contribution in [0, 0.1) is 0 Å². The highest BCUT2D eigenvalue weighted by molar-refractivity contribution is 6.07. The number of carbonyl (C=O) groups excluding carboxylic acids is 3. The summed E-state index contributed by atoms with van der Waals surface area (Å²) in [5.41, 5.74) is 17.6. The van der Waals surface area contributed by atoms with Gasteiger partial charge in [0.25, 0.3) is 17.7 Å². The Morgan fingerprint density at radius 3 is 1.64 bits per heavy atom. The summed E-state index contributed by atoms with van der Waals surface area (Å²) in [7, 11) is 0. The lowest BCUT2D eigenvalue weighted by molar-refractivity contribution is 0.0931. The largest absolute Gasteiger partial charge is 0.364 e. The monoisotopic (exact) mass is 1000 g/mol. The molecule has 17 heteroatoms. The number of rotatable bonds is 15. The number of aromatic nitrogens is 4. The summed E-state index contributed by atoms with van der Waals surface area (Å²) in [4.78, 5) is 69.1. The quantitative estimate of drug-likeness (QED) is 0.0601. The van der Waals surface area contributed by atoms with Gasteiger partial charge in [0.1, 0.15) is 11.6 Å². The van der Waals surface area contributed by atoms with Gasteiger partial charge >= 0.3 is 0 Å². The molecule has 6 fully saturated rings. The minimum atomic E-state index is -0.675. The zero-order valence-corrected chi connectivity index (χ0v) is 43.0. The number of carbonyl (C=O) groups is 3. The van der Waals surface area contributed by atoms with E-state index in [-0.39, 0.29) is 46.0 Å². The summed E-state index contributed by atoms with van der Waals surface area (Å²) in [6.45, 7) is 11.9. The van der Waals surface area contributed by atoms with Gasteiger partial charge in [-0.2, -0.15) is 0 Å². The SMILES string of the molecule is CC1(c2ccc(Nc3nc(N4CCC[C@@H](NC(=O)c5cccc(NC(=O)c6ncc(N7CCC[C@@H](N)C7)nc6Nc6ccc(C7(C)CCN(C8CC8)CC7)cc6)c5)C4)cnc3C(N)=O)cc2)CCN(C2CC2)CC1. The smallest absolute Gasteiger partial charge is 0.278 e. The second-order valence-corrected chi connectivity index (χ2v) is 22.4. The Balaban J connectivity index is 0.738. The summed E-state index contributed by atoms with van der Waals surface area (Å²) in [5.74, 6) is 0.440. The molecule has 3 amide bonds. The fourth-order valence-corrected chi connectivity index (χ4v) is 11.7. The van der Waals surface area contributed by atoms with Gasteiger partial charge in [-0.1, -0.05) is 44.2 Å². The highest BCUT2D eigenvalue weighted by Gasteiger charge is 2.39. The summed E-state index contributed by atoms with van der Waals surface area (Å²) in [6.07, 6.45) is 16.5. The molecule has 2 aliphatic carbocycles. The zero-order valence-electron chi connectivity index (χ0n) is 43.0. The van der Waals surface area contributed by atoms with Crippen LogP contribution in [0.4, 0.5) is 40.3 Å². The van der Waals surface area contributed by atoms with Crippen molar-refractivity contribution in [3.8, 4) is 0 Å². The molecule has 11 rings (SSSR count). The Bertz CT molecular complexity index is 2840. The molecule has 4 saturated heterocycles. The fraction of sp³-hybridized carbons (Fsp3) is 0.491. The molecular formula is C57H72N14O3. The minimum absolute atomic E-state index is 0.0335. The lowest BCUT2D eigenvalue weighted by Gasteiger charge is -2.40. The van der Waals surface area contributed by atoms with Gasteiger partial charge in [0, 0.05) is 73.0 Å². The third kappa shape index (κ3) is 11.2. The number of anilines is 7. The first kappa shape index (κ1) is 49.5. The topological polar surface area (TPSA) is 216 Å². The maximum absolute atomic E-state index is 14.2. The van der Waals surface area contributed by atoms with Crippen LogP contribution in [-0.2, 0) is 10.8 Å². The van der Waals surface area contributed by atoms with Gasteiger partial charge in [-0.25, -0.2) is 19.9 Å². The summed E-state index contributed by atoms with van der Waals surface area (Å²) >= 11 is 0. The third-order valence-corrected chi connectivity index (χ3v) is 16.8. The summed E-state index contributed by atoms with van der Waals surface area (Å²) in [6, 6.07) is 25.2. The molecule has 388 valence electrons. The maximum Gasteiger partial charge on any atom is 0.278 e. The Morgan fingerprint density at radius 2 is 1.11 bits per heavy atom. The number of nitrogens with one attached hydrogen (secondary N) is 4. The molecule has 2 aromatic heterocycles. The first-order chi connectivity index (χ1) is 35.8. The standard InChI is InChI=1S/C57H72N14O3/c1-56(22-28-68(29-23-56)45-18-19-45)38-10-14-41(15-11-38)62-52-49(51(59)72)60-33-48(66-52)71-27-5-9-44(36-71)65-54(73)37-6-3-8-43(32-37)64-55(74)50-53(67-47(34-61-50)70-26-4-7-40(58)35-70)63-42-16-12-39(13-17-42)57(2)24-30-69(31-25-57)46-20-21-46/h3,6,8,10-17,32-34,40,44-46H,4-5,7,9,18-31,35-36,58H2,1-2H3,(H2,59,72)(H,62,66)(H,63,67)(H,64,74)(H,65,73)/t40-,44-/m1/s1. The van der Waals surface area contributed by atoms with Crippen LogP contribution in [-0.4, -0.2) is 124 Å². The normalized spacial score (nSPS) is 22.1. The van der Waals surface area contributed by atoms with E-state index in [1.54, 1.807) is 36.7 Å². The number of benzene rings is 3. The van der Waals surface area contributed by atoms with Gasteiger partial charge in [0.2, 0.25) is 0 Å². The number of hydrogen-bond acceptors (Lipinski definition) is 14. The van der Waals surface area contributed by atoms with Crippen LogP contribution in [0.15, 0.2) is 85.2 Å². The molecule has 4 aliphatic heterocycles. The van der Waals surface area contributed by atoms with Crippen molar-refractivity contribution < 1.29 is 14.4 Å². The van der Waals surface area contributed by atoms with Gasteiger partial charge in [-0.15, -0.1) is 0 Å². The van der Waals surface area contributed by atoms with Gasteiger partial charge < -0.3 is 52.3 Å². The Kier molecular flexibility index (Phi) is 14.0. The van der Waals surface area contributed by atoms with Crippen molar-refractivity contribution in [1.82, 2.24) is 35.1 Å². The highest BCUT2D eigenvalue weighted by Crippen LogP contribution is 2.41. The lowest BCUT2D eigenvalue weighted by atomic mass is 9.74. The molecule has 0 spiro atoms. The zero-order chi connectivity index (χ0) is 51.0. The van der Waals surface area contributed by atoms with Gasteiger partial charge in [-0.3, -0.25) is 14.4 Å². The van der Waals surface area contributed by atoms with Crippen LogP contribution >= 0.6 is 0 Å². The fourth-order valence-electron chi connectivity index (χ4n) is 11.7. The molecule has 0 bridgehead atoms. The molecule has 74 heavy (non-hydrogen) atoms. The van der Waals surface area contributed by atoms with E-state index < -0.39 is 11.8 Å². The average molecular weight is 1000 g/mol. The Morgan fingerprint density at radius 1 is 0.595 bits per heavy atom. The molecular weight excluding hydrogens is 929 g/mol. The van der Waals surface area contributed by atoms with E-state index in [1.807, 2.05) is 12.1 Å². The van der Waals surface area contributed by atoms with Crippen molar-refractivity contribution in [3.05, 3.63) is 113 Å². The van der Waals surface area contributed by atoms with Crippen LogP contribution < -0.4 is 42.5 Å². The minimum Gasteiger partial charge on any atom is -0.364 e. The third-order valence-electron chi connectivity index (χ3n) is 16.8. The molecule has 6 heterocycles. The van der Waals surface area contributed by atoms with Crippen molar-refractivity contribution in [2.45, 2.75) is 126 Å². The molecule has 2 atom stereocenters. The molecule has 0 unspecified atom stereocenters. The second kappa shape index (κ2) is 20.9. The number of hydrogen-bond donors (Lipinski definition) is 6. The molecule has 17 nitrogen and oxygen atoms in total. The molecule has 8 N–H and O–H groups in total. The molecule has 3 aromatic carbocycles. The van der Waals surface area contributed by atoms with Crippen LogP contribution in [0.2, 0.25) is 0 Å². The molecule has 6 aliphatic rings. The number of amides is 3. The van der Waals surface area contributed by atoms with Crippen molar-refractivity contribution in [1.29, 1.82) is 0 Å². The predicted molar refractivity (Wildman–Crippen MR) is 291 cm³/mol. The first-order valence-corrected chi connectivity index (χ1v) is 27.1. The number of likely N-dealkylation sites (tertiary alicyclic amines) is 2. The van der Waals surface area contributed by atoms with E-state index in [0.717, 1.165) is 108 Å². The van der Waals surface area contributed by atoms with Crippen molar-refractivity contribution in [3.63, 3.8) is 0 Å².